The smallest absolute Gasteiger partial charge is 0.271 e. The summed E-state index contributed by atoms with van der Waals surface area (Å²) >= 11 is 1.33. The first-order chi connectivity index (χ1) is 14.0. The molecule has 150 valence electrons. The summed E-state index contributed by atoms with van der Waals surface area (Å²) in [7, 11) is 0. The average Bonchev–Trinajstić information content (AvgIpc) is 2.74. The largest absolute Gasteiger partial charge is 0.351 e. The van der Waals surface area contributed by atoms with Crippen LogP contribution in [0.2, 0.25) is 0 Å². The van der Waals surface area contributed by atoms with Gasteiger partial charge in [-0.05, 0) is 49.6 Å². The summed E-state index contributed by atoms with van der Waals surface area (Å²) in [6.45, 7) is 6.43. The van der Waals surface area contributed by atoms with Gasteiger partial charge in [0.05, 0.1) is 10.9 Å². The van der Waals surface area contributed by atoms with Gasteiger partial charge in [-0.25, -0.2) is 0 Å². The number of thioether (sulfide) groups is 1. The maximum atomic E-state index is 12.5. The van der Waals surface area contributed by atoms with Gasteiger partial charge in [-0.3, -0.25) is 9.59 Å². The van der Waals surface area contributed by atoms with Crippen molar-refractivity contribution >= 4 is 17.7 Å². The molecule has 1 amide bonds. The Morgan fingerprint density at radius 3 is 2.34 bits per heavy atom. The zero-order valence-corrected chi connectivity index (χ0v) is 17.7. The third-order valence-electron chi connectivity index (χ3n) is 4.62. The molecule has 0 aliphatic heterocycles. The van der Waals surface area contributed by atoms with Crippen LogP contribution in [0.1, 0.15) is 30.5 Å². The van der Waals surface area contributed by atoms with Crippen LogP contribution >= 0.6 is 11.8 Å². The topological polar surface area (TPSA) is 64.0 Å². The maximum Gasteiger partial charge on any atom is 0.271 e. The van der Waals surface area contributed by atoms with E-state index in [9.17, 15) is 9.59 Å². The molecule has 1 aromatic heterocycles. The lowest BCUT2D eigenvalue weighted by Gasteiger charge is -2.13. The van der Waals surface area contributed by atoms with Gasteiger partial charge in [0, 0.05) is 12.6 Å². The first kappa shape index (κ1) is 20.9. The maximum absolute atomic E-state index is 12.5. The highest BCUT2D eigenvalue weighted by Crippen LogP contribution is 2.21. The fourth-order valence-electron chi connectivity index (χ4n) is 2.79. The predicted molar refractivity (Wildman–Crippen MR) is 118 cm³/mol. The van der Waals surface area contributed by atoms with Crippen molar-refractivity contribution in [1.29, 1.82) is 0 Å². The van der Waals surface area contributed by atoms with Gasteiger partial charge >= 0.3 is 0 Å². The SMILES string of the molecule is CCc1ccc(CNC(=O)[C@H](C)Sc2ccc(=O)n(-c3ccc(C)cc3)n2)cc1. The number of aryl methyl sites for hydroxylation is 2. The lowest BCUT2D eigenvalue weighted by Crippen LogP contribution is -2.30. The zero-order valence-electron chi connectivity index (χ0n) is 16.9. The van der Waals surface area contributed by atoms with E-state index in [1.165, 1.54) is 28.1 Å². The number of nitrogens with zero attached hydrogens (tertiary/aromatic N) is 2. The lowest BCUT2D eigenvalue weighted by molar-refractivity contribution is -0.120. The van der Waals surface area contributed by atoms with Gasteiger partial charge in [0.2, 0.25) is 5.91 Å². The molecular formula is C23H25N3O2S. The van der Waals surface area contributed by atoms with Crippen molar-refractivity contribution in [3.05, 3.63) is 87.7 Å². The Labute approximate surface area is 175 Å². The Hall–Kier alpha value is -2.86. The summed E-state index contributed by atoms with van der Waals surface area (Å²) in [4.78, 5) is 24.7. The molecule has 1 heterocycles. The van der Waals surface area contributed by atoms with Crippen LogP contribution in [0.4, 0.5) is 0 Å². The minimum atomic E-state index is -0.332. The van der Waals surface area contributed by atoms with E-state index in [0.717, 1.165) is 17.5 Å². The summed E-state index contributed by atoms with van der Waals surface area (Å²) in [6, 6.07) is 19.0. The van der Waals surface area contributed by atoms with Crippen molar-refractivity contribution in [1.82, 2.24) is 15.1 Å². The molecule has 3 aromatic rings. The van der Waals surface area contributed by atoms with E-state index in [1.54, 1.807) is 6.07 Å². The van der Waals surface area contributed by atoms with E-state index in [2.05, 4.69) is 29.5 Å². The molecule has 0 unspecified atom stereocenters. The van der Waals surface area contributed by atoms with Crippen LogP contribution in [0, 0.1) is 6.92 Å². The molecule has 0 fully saturated rings. The number of aromatic nitrogens is 2. The number of hydrogen-bond donors (Lipinski definition) is 1. The molecule has 0 radical (unpaired) electrons. The minimum absolute atomic E-state index is 0.0653. The number of carbonyl (C=O) groups excluding carboxylic acids is 1. The number of carbonyl (C=O) groups is 1. The molecule has 0 aliphatic rings. The molecule has 0 saturated carbocycles. The first-order valence-corrected chi connectivity index (χ1v) is 10.5. The fraction of sp³-hybridized carbons (Fsp3) is 0.261. The van der Waals surface area contributed by atoms with Gasteiger partial charge in [0.15, 0.2) is 0 Å². The Balaban J connectivity index is 1.64. The molecule has 1 N–H and O–H groups in total. The van der Waals surface area contributed by atoms with E-state index >= 15 is 0 Å². The van der Waals surface area contributed by atoms with Crippen LogP contribution in [0.5, 0.6) is 0 Å². The average molecular weight is 408 g/mol. The summed E-state index contributed by atoms with van der Waals surface area (Å²) < 4.78 is 1.36. The molecule has 29 heavy (non-hydrogen) atoms. The molecule has 0 aliphatic carbocycles. The summed E-state index contributed by atoms with van der Waals surface area (Å²) in [5.41, 5.74) is 3.96. The van der Waals surface area contributed by atoms with Crippen molar-refractivity contribution in [2.24, 2.45) is 0 Å². The van der Waals surface area contributed by atoms with E-state index in [1.807, 2.05) is 50.2 Å². The second-order valence-corrected chi connectivity index (χ2v) is 8.27. The van der Waals surface area contributed by atoms with E-state index in [-0.39, 0.29) is 16.7 Å². The molecule has 6 heteroatoms. The van der Waals surface area contributed by atoms with E-state index in [0.29, 0.717) is 17.3 Å². The number of rotatable bonds is 7. The van der Waals surface area contributed by atoms with Crippen molar-refractivity contribution in [2.75, 3.05) is 0 Å². The Bertz CT molecular complexity index is 1030. The molecular weight excluding hydrogens is 382 g/mol. The third-order valence-corrected chi connectivity index (χ3v) is 5.65. The van der Waals surface area contributed by atoms with Gasteiger partial charge in [-0.2, -0.15) is 9.78 Å². The van der Waals surface area contributed by atoms with Crippen molar-refractivity contribution in [3.8, 4) is 5.69 Å². The van der Waals surface area contributed by atoms with E-state index < -0.39 is 0 Å². The van der Waals surface area contributed by atoms with Crippen LogP contribution in [0.15, 0.2) is 70.5 Å². The highest BCUT2D eigenvalue weighted by Gasteiger charge is 2.16. The highest BCUT2D eigenvalue weighted by atomic mass is 32.2. The predicted octanol–water partition coefficient (Wildman–Crippen LogP) is 3.90. The second kappa shape index (κ2) is 9.56. The van der Waals surface area contributed by atoms with Crippen molar-refractivity contribution in [2.45, 2.75) is 44.0 Å². The Morgan fingerprint density at radius 1 is 1.03 bits per heavy atom. The standard InChI is InChI=1S/C23H25N3O2S/c1-4-18-7-9-19(10-8-18)15-24-23(28)17(3)29-21-13-14-22(27)26(25-21)20-11-5-16(2)6-12-20/h5-14,17H,4,15H2,1-3H3,(H,24,28)/t17-/m0/s1. The summed E-state index contributed by atoms with van der Waals surface area (Å²) in [5.74, 6) is -0.0653. The molecule has 5 nitrogen and oxygen atoms in total. The molecule has 1 atom stereocenters. The summed E-state index contributed by atoms with van der Waals surface area (Å²) in [5, 5.41) is 7.68. The fourth-order valence-corrected chi connectivity index (χ4v) is 3.62. The van der Waals surface area contributed by atoms with Gasteiger partial charge in [-0.15, -0.1) is 0 Å². The van der Waals surface area contributed by atoms with Crippen LogP contribution in [0.25, 0.3) is 5.69 Å². The number of nitrogens with one attached hydrogen (secondary N) is 1. The Morgan fingerprint density at radius 2 is 1.69 bits per heavy atom. The van der Waals surface area contributed by atoms with Gasteiger partial charge in [-0.1, -0.05) is 60.6 Å². The molecule has 2 aromatic carbocycles. The highest BCUT2D eigenvalue weighted by molar-refractivity contribution is 8.00. The molecule has 3 rings (SSSR count). The van der Waals surface area contributed by atoms with Crippen LogP contribution in [-0.2, 0) is 17.8 Å². The number of hydrogen-bond acceptors (Lipinski definition) is 4. The molecule has 0 saturated heterocycles. The minimum Gasteiger partial charge on any atom is -0.351 e. The van der Waals surface area contributed by atoms with Gasteiger partial charge in [0.25, 0.3) is 5.56 Å². The zero-order chi connectivity index (χ0) is 20.8. The van der Waals surface area contributed by atoms with Crippen molar-refractivity contribution in [3.63, 3.8) is 0 Å². The monoisotopic (exact) mass is 407 g/mol. The Kier molecular flexibility index (Phi) is 6.88. The van der Waals surface area contributed by atoms with E-state index in [4.69, 9.17) is 0 Å². The normalized spacial score (nSPS) is 11.8. The first-order valence-electron chi connectivity index (χ1n) is 9.66. The quantitative estimate of drug-likeness (QED) is 0.604. The van der Waals surface area contributed by atoms with Crippen LogP contribution < -0.4 is 10.9 Å². The van der Waals surface area contributed by atoms with Gasteiger partial charge in [0.1, 0.15) is 5.03 Å². The van der Waals surface area contributed by atoms with Crippen LogP contribution in [0.3, 0.4) is 0 Å². The third kappa shape index (κ3) is 5.57. The number of benzene rings is 2. The molecule has 0 spiro atoms. The lowest BCUT2D eigenvalue weighted by atomic mass is 10.1. The number of amides is 1. The summed E-state index contributed by atoms with van der Waals surface area (Å²) in [6.07, 6.45) is 0.998. The molecule has 0 bridgehead atoms. The second-order valence-electron chi connectivity index (χ2n) is 6.91. The van der Waals surface area contributed by atoms with Crippen LogP contribution in [-0.4, -0.2) is 20.9 Å². The van der Waals surface area contributed by atoms with Gasteiger partial charge < -0.3 is 5.32 Å². The van der Waals surface area contributed by atoms with Crippen molar-refractivity contribution < 1.29 is 4.79 Å².